The van der Waals surface area contributed by atoms with E-state index in [1.165, 1.54) is 0 Å². The fourth-order valence-corrected chi connectivity index (χ4v) is 4.24. The van der Waals surface area contributed by atoms with Crippen LogP contribution in [0, 0.1) is 0 Å². The molecule has 0 aliphatic rings. The number of fused-ring (bicyclic) bond motifs is 1. The summed E-state index contributed by atoms with van der Waals surface area (Å²) in [5.74, 6) is 0.444. The van der Waals surface area contributed by atoms with Gasteiger partial charge in [0.25, 0.3) is 5.91 Å². The van der Waals surface area contributed by atoms with Gasteiger partial charge in [0.2, 0.25) is 5.89 Å². The quantitative estimate of drug-likeness (QED) is 0.418. The maximum absolute atomic E-state index is 12.2. The highest BCUT2D eigenvalue weighted by Gasteiger charge is 2.19. The average molecular weight is 466 g/mol. The first kappa shape index (κ1) is 22.5. The minimum Gasteiger partial charge on any atom is -0.484 e. The van der Waals surface area contributed by atoms with Gasteiger partial charge in [0.15, 0.2) is 16.4 Å². The van der Waals surface area contributed by atoms with Crippen molar-refractivity contribution in [1.29, 1.82) is 0 Å². The Hall–Kier alpha value is -3.72. The zero-order chi connectivity index (χ0) is 23.4. The average Bonchev–Trinajstić information content (AvgIpc) is 3.24. The molecule has 1 aromatic heterocycles. The van der Waals surface area contributed by atoms with Gasteiger partial charge in [0.1, 0.15) is 5.75 Å². The van der Waals surface area contributed by atoms with Crippen LogP contribution in [-0.2, 0) is 21.1 Å². The number of benzene rings is 3. The topological polar surface area (TPSA) is 111 Å². The molecule has 170 valence electrons. The van der Waals surface area contributed by atoms with E-state index in [1.54, 1.807) is 44.2 Å². The van der Waals surface area contributed by atoms with Gasteiger partial charge in [-0.25, -0.2) is 8.42 Å². The normalized spacial score (nSPS) is 11.6. The van der Waals surface area contributed by atoms with E-state index < -0.39 is 21.0 Å². The number of nitrogens with zero attached hydrogens (tertiary/aromatic N) is 2. The molecule has 3 aromatic carbocycles. The van der Waals surface area contributed by atoms with Crippen LogP contribution < -0.4 is 10.1 Å². The van der Waals surface area contributed by atoms with E-state index >= 15 is 0 Å². The fourth-order valence-electron chi connectivity index (χ4n) is 3.18. The molecule has 0 atom stereocenters. The summed E-state index contributed by atoms with van der Waals surface area (Å²) >= 11 is 0. The summed E-state index contributed by atoms with van der Waals surface area (Å²) in [4.78, 5) is 12.5. The number of carbonyl (C=O) groups is 1. The predicted molar refractivity (Wildman–Crippen MR) is 124 cm³/mol. The number of hydrogen-bond acceptors (Lipinski definition) is 7. The molecular weight excluding hydrogens is 442 g/mol. The van der Waals surface area contributed by atoms with Gasteiger partial charge in [-0.15, -0.1) is 5.10 Å². The number of ether oxygens (including phenoxy) is 1. The highest BCUT2D eigenvalue weighted by atomic mass is 32.2. The lowest BCUT2D eigenvalue weighted by Gasteiger charge is -2.08. The Bertz CT molecular complexity index is 1380. The molecular formula is C24H23N3O5S. The van der Waals surface area contributed by atoms with Crippen molar-refractivity contribution in [1.82, 2.24) is 10.2 Å². The Kier molecular flexibility index (Phi) is 6.41. The van der Waals surface area contributed by atoms with Crippen molar-refractivity contribution in [3.63, 3.8) is 0 Å². The number of sulfone groups is 1. The Labute approximate surface area is 191 Å². The maximum Gasteiger partial charge on any atom is 0.322 e. The summed E-state index contributed by atoms with van der Waals surface area (Å²) in [7, 11) is -3.32. The number of nitrogens with one attached hydrogen (secondary N) is 1. The van der Waals surface area contributed by atoms with Crippen LogP contribution in [0.15, 0.2) is 76.0 Å². The molecule has 0 bridgehead atoms. The minimum atomic E-state index is -3.32. The van der Waals surface area contributed by atoms with Crippen LogP contribution in [0.5, 0.6) is 5.75 Å². The van der Waals surface area contributed by atoms with Crippen molar-refractivity contribution < 1.29 is 22.4 Å². The second-order valence-corrected chi connectivity index (χ2v) is 10.3. The molecule has 1 N–H and O–H groups in total. The Morgan fingerprint density at radius 3 is 2.45 bits per heavy atom. The smallest absolute Gasteiger partial charge is 0.322 e. The van der Waals surface area contributed by atoms with Gasteiger partial charge in [-0.3, -0.25) is 10.1 Å². The molecule has 0 aliphatic heterocycles. The molecule has 4 rings (SSSR count). The van der Waals surface area contributed by atoms with Gasteiger partial charge in [0, 0.05) is 0 Å². The summed E-state index contributed by atoms with van der Waals surface area (Å²) in [6.45, 7) is 3.08. The lowest BCUT2D eigenvalue weighted by molar-refractivity contribution is -0.118. The minimum absolute atomic E-state index is 0.0314. The van der Waals surface area contributed by atoms with Crippen molar-refractivity contribution in [2.24, 2.45) is 0 Å². The third-order valence-corrected chi connectivity index (χ3v) is 7.20. The maximum atomic E-state index is 12.2. The lowest BCUT2D eigenvalue weighted by atomic mass is 10.1. The van der Waals surface area contributed by atoms with Crippen molar-refractivity contribution in [2.45, 2.75) is 30.4 Å². The first-order chi connectivity index (χ1) is 15.8. The van der Waals surface area contributed by atoms with Crippen LogP contribution in [0.1, 0.15) is 25.3 Å². The first-order valence-corrected chi connectivity index (χ1v) is 11.9. The third kappa shape index (κ3) is 5.38. The van der Waals surface area contributed by atoms with E-state index in [0.717, 1.165) is 16.3 Å². The van der Waals surface area contributed by atoms with E-state index in [-0.39, 0.29) is 17.5 Å². The zero-order valence-corrected chi connectivity index (χ0v) is 19.0. The summed E-state index contributed by atoms with van der Waals surface area (Å²) in [5.41, 5.74) is 0.805. The largest absolute Gasteiger partial charge is 0.484 e. The van der Waals surface area contributed by atoms with Gasteiger partial charge < -0.3 is 9.15 Å². The highest BCUT2D eigenvalue weighted by molar-refractivity contribution is 7.92. The van der Waals surface area contributed by atoms with Gasteiger partial charge in [-0.05, 0) is 54.4 Å². The fraction of sp³-hybridized carbons (Fsp3) is 0.208. The predicted octanol–water partition coefficient (Wildman–Crippen LogP) is 4.01. The molecule has 0 radical (unpaired) electrons. The lowest BCUT2D eigenvalue weighted by Crippen LogP contribution is -2.20. The summed E-state index contributed by atoms with van der Waals surface area (Å²) in [5, 5.41) is 11.9. The second-order valence-electron chi connectivity index (χ2n) is 7.76. The second kappa shape index (κ2) is 9.41. The molecule has 4 aromatic rings. The Morgan fingerprint density at radius 2 is 1.73 bits per heavy atom. The molecule has 0 aliphatic carbocycles. The van der Waals surface area contributed by atoms with Gasteiger partial charge in [0.05, 0.1) is 16.6 Å². The Balaban J connectivity index is 1.32. The van der Waals surface area contributed by atoms with Gasteiger partial charge in [-0.1, -0.05) is 47.6 Å². The molecule has 8 nitrogen and oxygen atoms in total. The van der Waals surface area contributed by atoms with Crippen LogP contribution in [0.25, 0.3) is 10.8 Å². The standard InChI is InChI=1S/C24H23N3O5S/c1-16(2)33(29,30)21-11-7-17(8-12-21)13-23-26-27-24(32-23)25-22(28)15-31-20-10-9-18-5-3-4-6-19(18)14-20/h3-12,14,16H,13,15H2,1-2H3,(H,25,27,28). The number of hydrogen-bond donors (Lipinski definition) is 1. The van der Waals surface area contributed by atoms with Crippen LogP contribution >= 0.6 is 0 Å². The van der Waals surface area contributed by atoms with Gasteiger partial charge in [-0.2, -0.15) is 0 Å². The van der Waals surface area contributed by atoms with Crippen molar-refractivity contribution in [3.8, 4) is 5.75 Å². The van der Waals surface area contributed by atoms with E-state index in [4.69, 9.17) is 9.15 Å². The highest BCUT2D eigenvalue weighted by Crippen LogP contribution is 2.21. The molecule has 0 spiro atoms. The van der Waals surface area contributed by atoms with Crippen LogP contribution in [0.3, 0.4) is 0 Å². The van der Waals surface area contributed by atoms with Crippen molar-refractivity contribution >= 4 is 32.5 Å². The molecule has 33 heavy (non-hydrogen) atoms. The Morgan fingerprint density at radius 1 is 1.00 bits per heavy atom. The zero-order valence-electron chi connectivity index (χ0n) is 18.2. The summed E-state index contributed by atoms with van der Waals surface area (Å²) < 4.78 is 35.5. The summed E-state index contributed by atoms with van der Waals surface area (Å²) in [6, 6.07) is 20.0. The van der Waals surface area contributed by atoms with Crippen molar-refractivity contribution in [2.75, 3.05) is 11.9 Å². The van der Waals surface area contributed by atoms with E-state index in [1.807, 2.05) is 36.4 Å². The molecule has 0 fully saturated rings. The van der Waals surface area contributed by atoms with E-state index in [9.17, 15) is 13.2 Å². The molecule has 9 heteroatoms. The molecule has 0 saturated carbocycles. The SMILES string of the molecule is CC(C)S(=O)(=O)c1ccc(Cc2nnc(NC(=O)COc3ccc4ccccc4c3)o2)cc1. The van der Waals surface area contributed by atoms with E-state index in [0.29, 0.717) is 18.1 Å². The van der Waals surface area contributed by atoms with E-state index in [2.05, 4.69) is 15.5 Å². The molecule has 0 saturated heterocycles. The van der Waals surface area contributed by atoms with Crippen LogP contribution in [0.4, 0.5) is 6.01 Å². The monoisotopic (exact) mass is 465 g/mol. The summed E-state index contributed by atoms with van der Waals surface area (Å²) in [6.07, 6.45) is 0.304. The number of rotatable bonds is 8. The number of carbonyl (C=O) groups excluding carboxylic acids is 1. The number of aromatic nitrogens is 2. The van der Waals surface area contributed by atoms with Crippen LogP contribution in [-0.4, -0.2) is 36.4 Å². The third-order valence-electron chi connectivity index (χ3n) is 5.03. The van der Waals surface area contributed by atoms with Crippen LogP contribution in [0.2, 0.25) is 0 Å². The first-order valence-electron chi connectivity index (χ1n) is 10.4. The molecule has 1 amide bonds. The number of amides is 1. The number of anilines is 1. The molecule has 1 heterocycles. The molecule has 0 unspecified atom stereocenters. The van der Waals surface area contributed by atoms with Gasteiger partial charge >= 0.3 is 6.01 Å². The van der Waals surface area contributed by atoms with Crippen molar-refractivity contribution in [3.05, 3.63) is 78.2 Å².